The van der Waals surface area contributed by atoms with Gasteiger partial charge < -0.3 is 20.8 Å². The van der Waals surface area contributed by atoms with Gasteiger partial charge in [0, 0.05) is 61.2 Å². The zero-order valence-corrected chi connectivity index (χ0v) is 37.4. The quantitative estimate of drug-likeness (QED) is 0.0610. The number of aliphatic hydroxyl groups excluding tert-OH is 2. The number of aliphatic hydroxyl groups is 2. The van der Waals surface area contributed by atoms with E-state index >= 15 is 0 Å². The number of pyridine rings is 2. The lowest BCUT2D eigenvalue weighted by atomic mass is 9.72. The van der Waals surface area contributed by atoms with Crippen molar-refractivity contribution < 1.29 is 19.8 Å². The second-order valence-corrected chi connectivity index (χ2v) is 19.3. The van der Waals surface area contributed by atoms with Crippen molar-refractivity contribution in [2.24, 2.45) is 23.7 Å². The van der Waals surface area contributed by atoms with Crippen LogP contribution in [0.3, 0.4) is 0 Å². The number of nitrogens with zero attached hydrogens (tertiary/aromatic N) is 4. The van der Waals surface area contributed by atoms with Crippen molar-refractivity contribution >= 4 is 45.0 Å². The Morgan fingerprint density at radius 1 is 0.613 bits per heavy atom. The Morgan fingerprint density at radius 3 is 1.39 bits per heavy atom. The molecule has 0 spiro atoms. The topological polar surface area (TPSA) is 131 Å². The third-order valence-corrected chi connectivity index (χ3v) is 15.5. The van der Waals surface area contributed by atoms with E-state index in [1.165, 1.54) is 51.4 Å². The zero-order chi connectivity index (χ0) is 43.0. The first kappa shape index (κ1) is 44.6. The molecule has 4 bridgehead atoms. The first-order chi connectivity index (χ1) is 30.3. The molecule has 10 rings (SSSR count). The average Bonchev–Trinajstić information content (AvgIpc) is 3.31. The standard InChI is InChI=1S/C52H72N6O4/c1-3-35-33-57-29-25-37(35)31-45(57)51(61)41-23-27-53-49-39(41)17-15-19-43(49)55-47(59)21-13-11-9-7-5-6-8-10-12-14-22-48(60)56-44-20-16-18-40-42(24-28-54-50(40)44)52(62)46-32-38-26-30-58(46)34-36(38)4-2/h15-20,23-24,27-28,35-38,45-46,51-52,61-62H,3-14,21-22,25-26,29-34H2,1-2H3,(H,55,59)(H,56,60)/t35-,36+,37-,38+,45-,46+,51?,52?. The Hall–Kier alpha value is -3.96. The Balaban J connectivity index is 0.690. The molecule has 10 nitrogen and oxygen atoms in total. The number of hydrogen-bond acceptors (Lipinski definition) is 8. The van der Waals surface area contributed by atoms with Gasteiger partial charge in [-0.05, 0) is 111 Å². The summed E-state index contributed by atoms with van der Waals surface area (Å²) in [5, 5.41) is 31.4. The predicted molar refractivity (Wildman–Crippen MR) is 250 cm³/mol. The van der Waals surface area contributed by atoms with Crippen molar-refractivity contribution in [2.75, 3.05) is 36.8 Å². The summed E-state index contributed by atoms with van der Waals surface area (Å²) >= 11 is 0. The number of hydrogen-bond donors (Lipinski definition) is 4. The fraction of sp³-hybridized carbons (Fsp3) is 0.615. The molecule has 6 aliphatic heterocycles. The molecule has 8 heterocycles. The van der Waals surface area contributed by atoms with Crippen LogP contribution in [0.15, 0.2) is 60.9 Å². The molecule has 2 aromatic heterocycles. The van der Waals surface area contributed by atoms with Crippen molar-refractivity contribution in [2.45, 2.75) is 154 Å². The number of para-hydroxylation sites is 2. The average molecular weight is 845 g/mol. The van der Waals surface area contributed by atoms with E-state index in [0.717, 1.165) is 134 Å². The summed E-state index contributed by atoms with van der Waals surface area (Å²) in [6, 6.07) is 16.0. The highest BCUT2D eigenvalue weighted by molar-refractivity contribution is 6.02. The molecule has 4 N–H and O–H groups in total. The van der Waals surface area contributed by atoms with Crippen LogP contribution in [-0.4, -0.2) is 80.1 Å². The maximum absolute atomic E-state index is 13.0. The number of amides is 2. The van der Waals surface area contributed by atoms with Gasteiger partial charge in [-0.25, -0.2) is 0 Å². The summed E-state index contributed by atoms with van der Waals surface area (Å²) in [5.74, 6) is 2.91. The van der Waals surface area contributed by atoms with Crippen molar-refractivity contribution in [3.8, 4) is 0 Å². The summed E-state index contributed by atoms with van der Waals surface area (Å²) in [4.78, 5) is 40.3. The van der Waals surface area contributed by atoms with Crippen LogP contribution < -0.4 is 10.6 Å². The van der Waals surface area contributed by atoms with Crippen LogP contribution in [0.2, 0.25) is 0 Å². The maximum atomic E-state index is 13.0. The molecule has 334 valence electrons. The molecule has 10 heteroatoms. The lowest BCUT2D eigenvalue weighted by Crippen LogP contribution is -2.55. The van der Waals surface area contributed by atoms with Gasteiger partial charge in [0.05, 0.1) is 34.6 Å². The molecule has 6 fully saturated rings. The molecule has 0 saturated carbocycles. The van der Waals surface area contributed by atoms with Gasteiger partial charge in [-0.1, -0.05) is 102 Å². The van der Waals surface area contributed by atoms with Crippen LogP contribution >= 0.6 is 0 Å². The third-order valence-electron chi connectivity index (χ3n) is 15.5. The van der Waals surface area contributed by atoms with Gasteiger partial charge >= 0.3 is 0 Å². The Labute approximate surface area is 369 Å². The lowest BCUT2D eigenvalue weighted by molar-refractivity contribution is -0.117. The number of piperidine rings is 6. The van der Waals surface area contributed by atoms with Crippen LogP contribution in [0, 0.1) is 23.7 Å². The zero-order valence-electron chi connectivity index (χ0n) is 37.4. The van der Waals surface area contributed by atoms with Gasteiger partial charge in [-0.3, -0.25) is 29.4 Å². The van der Waals surface area contributed by atoms with E-state index in [2.05, 4.69) is 44.2 Å². The Bertz CT molecular complexity index is 1980. The smallest absolute Gasteiger partial charge is 0.224 e. The fourth-order valence-electron chi connectivity index (χ4n) is 11.9. The molecule has 4 aromatic rings. The minimum atomic E-state index is -0.573. The molecular formula is C52H72N6O4. The molecule has 0 aliphatic carbocycles. The molecule has 10 atom stereocenters. The highest BCUT2D eigenvalue weighted by atomic mass is 16.3. The summed E-state index contributed by atoms with van der Waals surface area (Å²) < 4.78 is 0. The largest absolute Gasteiger partial charge is 0.387 e. The van der Waals surface area contributed by atoms with Gasteiger partial charge in [0.25, 0.3) is 0 Å². The van der Waals surface area contributed by atoms with E-state index in [1.807, 2.05) is 48.5 Å². The van der Waals surface area contributed by atoms with Crippen LogP contribution in [0.25, 0.3) is 21.8 Å². The highest BCUT2D eigenvalue weighted by Crippen LogP contribution is 2.44. The minimum Gasteiger partial charge on any atom is -0.387 e. The van der Waals surface area contributed by atoms with Gasteiger partial charge in [0.15, 0.2) is 0 Å². The van der Waals surface area contributed by atoms with Crippen LogP contribution in [-0.2, 0) is 9.59 Å². The van der Waals surface area contributed by atoms with Crippen molar-refractivity contribution in [1.29, 1.82) is 0 Å². The van der Waals surface area contributed by atoms with Crippen molar-refractivity contribution in [1.82, 2.24) is 19.8 Å². The Morgan fingerprint density at radius 2 is 1.02 bits per heavy atom. The van der Waals surface area contributed by atoms with Crippen LogP contribution in [0.5, 0.6) is 0 Å². The van der Waals surface area contributed by atoms with E-state index in [4.69, 9.17) is 0 Å². The van der Waals surface area contributed by atoms with Gasteiger partial charge in [0.1, 0.15) is 0 Å². The number of carbonyl (C=O) groups excluding carboxylic acids is 2. The minimum absolute atomic E-state index is 0.0165. The molecule has 6 aliphatic rings. The van der Waals surface area contributed by atoms with Gasteiger partial charge in [0.2, 0.25) is 11.8 Å². The summed E-state index contributed by atoms with van der Waals surface area (Å²) in [6.45, 7) is 8.87. The van der Waals surface area contributed by atoms with E-state index in [1.54, 1.807) is 12.4 Å². The lowest BCUT2D eigenvalue weighted by Gasteiger charge is -2.51. The summed E-state index contributed by atoms with van der Waals surface area (Å²) in [7, 11) is 0. The molecule has 2 aromatic carbocycles. The molecular weight excluding hydrogens is 773 g/mol. The Kier molecular flexibility index (Phi) is 15.2. The van der Waals surface area contributed by atoms with E-state index in [9.17, 15) is 19.8 Å². The normalized spacial score (nSPS) is 26.5. The maximum Gasteiger partial charge on any atom is 0.224 e. The highest BCUT2D eigenvalue weighted by Gasteiger charge is 2.44. The molecule has 4 unspecified atom stereocenters. The number of nitrogens with one attached hydrogen (secondary N) is 2. The van der Waals surface area contributed by atoms with Crippen molar-refractivity contribution in [3.05, 3.63) is 72.1 Å². The number of anilines is 2. The van der Waals surface area contributed by atoms with Gasteiger partial charge in [-0.2, -0.15) is 0 Å². The van der Waals surface area contributed by atoms with Gasteiger partial charge in [-0.15, -0.1) is 0 Å². The SMILES string of the molecule is CC[C@@H]1CN2CC[C@@H]1C[C@@H]2C(O)c1ccnc2c(NC(=O)CCCCCCCCCCCCC(=O)Nc3cccc4c(C(O)[C@@H]5C[C@@H]6CCN5C[C@@H]6CC)ccnc34)cccc12. The van der Waals surface area contributed by atoms with E-state index in [-0.39, 0.29) is 23.9 Å². The number of unbranched alkanes of at least 4 members (excludes halogenated alkanes) is 9. The van der Waals surface area contributed by atoms with E-state index < -0.39 is 12.2 Å². The summed E-state index contributed by atoms with van der Waals surface area (Å²) in [6.07, 6.45) is 21.2. The number of rotatable bonds is 21. The second kappa shape index (κ2) is 21.1. The summed E-state index contributed by atoms with van der Waals surface area (Å²) in [5.41, 5.74) is 4.75. The van der Waals surface area contributed by atoms with Crippen molar-refractivity contribution in [3.63, 3.8) is 0 Å². The second-order valence-electron chi connectivity index (χ2n) is 19.3. The fourth-order valence-corrected chi connectivity index (χ4v) is 11.9. The first-order valence-corrected chi connectivity index (χ1v) is 24.5. The molecule has 62 heavy (non-hydrogen) atoms. The number of aromatic nitrogens is 2. The van der Waals surface area contributed by atoms with Crippen LogP contribution in [0.1, 0.15) is 153 Å². The first-order valence-electron chi connectivity index (χ1n) is 24.5. The predicted octanol–water partition coefficient (Wildman–Crippen LogP) is 10.3. The number of carbonyl (C=O) groups is 2. The van der Waals surface area contributed by atoms with Crippen LogP contribution in [0.4, 0.5) is 11.4 Å². The third kappa shape index (κ3) is 10.2. The molecule has 2 amide bonds. The van der Waals surface area contributed by atoms with E-state index in [0.29, 0.717) is 24.7 Å². The number of fused-ring (bicyclic) bond motifs is 8. The number of benzene rings is 2. The molecule has 6 saturated heterocycles. The monoisotopic (exact) mass is 845 g/mol. The molecule has 0 radical (unpaired) electrons.